The molecule has 282 valence electrons. The number of para-hydroxylation sites is 1. The Morgan fingerprint density at radius 2 is 0.917 bits per heavy atom. The van der Waals surface area contributed by atoms with Gasteiger partial charge in [0.2, 0.25) is 0 Å². The minimum atomic E-state index is -0.481. The van der Waals surface area contributed by atoms with E-state index in [9.17, 15) is 0 Å². The smallest absolute Gasteiger partial charge is 0.0726 e. The lowest BCUT2D eigenvalue weighted by atomic mass is 9.70. The molecule has 60 heavy (non-hydrogen) atoms. The maximum absolute atomic E-state index is 2.57. The molecule has 9 aromatic carbocycles. The highest BCUT2D eigenvalue weighted by molar-refractivity contribution is 7.26. The standard InChI is InChI=1S/C58H39NS/c1-57(2)46-25-13-9-21-40(46)43-31-29-39(34-50(43)57)59(37-19-7-4-8-20-37)38-30-32-49-45(33-38)55-51(58(49)47-26-14-10-22-41(47)42-23-11-15-27-48(42)58)35-53-56(44-24-12-16-28-52(44)60-53)54(55)36-17-5-3-6-18-36/h3-35H,1-2H3. The summed E-state index contributed by atoms with van der Waals surface area (Å²) in [5, 5.41) is 2.66. The molecule has 0 saturated heterocycles. The molecular formula is C58H39NS. The molecule has 13 rings (SSSR count). The number of benzene rings is 9. The number of hydrogen-bond donors (Lipinski definition) is 0. The molecule has 0 aliphatic heterocycles. The second kappa shape index (κ2) is 12.3. The van der Waals surface area contributed by atoms with Crippen molar-refractivity contribution in [2.24, 2.45) is 0 Å². The Hall–Kier alpha value is -7.00. The monoisotopic (exact) mass is 781 g/mol. The fourth-order valence-corrected chi connectivity index (χ4v) is 12.5. The van der Waals surface area contributed by atoms with Crippen molar-refractivity contribution < 1.29 is 0 Å². The molecule has 1 nitrogen and oxygen atoms in total. The van der Waals surface area contributed by atoms with Crippen molar-refractivity contribution in [3.8, 4) is 44.5 Å². The van der Waals surface area contributed by atoms with Gasteiger partial charge in [0.1, 0.15) is 0 Å². The highest BCUT2D eigenvalue weighted by Gasteiger charge is 2.53. The van der Waals surface area contributed by atoms with E-state index in [0.717, 1.165) is 17.1 Å². The zero-order chi connectivity index (χ0) is 39.7. The molecule has 1 aromatic heterocycles. The summed E-state index contributed by atoms with van der Waals surface area (Å²) in [7, 11) is 0. The summed E-state index contributed by atoms with van der Waals surface area (Å²) in [5.41, 5.74) is 21.5. The fraction of sp³-hybridized carbons (Fsp3) is 0.0690. The van der Waals surface area contributed by atoms with Gasteiger partial charge in [-0.2, -0.15) is 0 Å². The third-order valence-corrected chi connectivity index (χ3v) is 15.0. The molecule has 0 N–H and O–H groups in total. The van der Waals surface area contributed by atoms with Gasteiger partial charge < -0.3 is 4.90 Å². The third-order valence-electron chi connectivity index (χ3n) is 13.9. The molecule has 0 bridgehead atoms. The molecule has 2 heteroatoms. The van der Waals surface area contributed by atoms with E-state index in [4.69, 9.17) is 0 Å². The van der Waals surface area contributed by atoms with E-state index >= 15 is 0 Å². The Bertz CT molecular complexity index is 3360. The normalized spacial score (nSPS) is 14.4. The summed E-state index contributed by atoms with van der Waals surface area (Å²) >= 11 is 1.92. The van der Waals surface area contributed by atoms with Gasteiger partial charge in [-0.3, -0.25) is 0 Å². The second-order valence-electron chi connectivity index (χ2n) is 17.2. The first-order chi connectivity index (χ1) is 29.5. The fourth-order valence-electron chi connectivity index (χ4n) is 11.4. The molecule has 0 unspecified atom stereocenters. The van der Waals surface area contributed by atoms with Crippen LogP contribution in [0.15, 0.2) is 200 Å². The number of fused-ring (bicyclic) bond motifs is 16. The van der Waals surface area contributed by atoms with E-state index in [0.29, 0.717) is 0 Å². The Balaban J connectivity index is 1.15. The molecule has 1 spiro atoms. The van der Waals surface area contributed by atoms with E-state index < -0.39 is 5.41 Å². The van der Waals surface area contributed by atoms with E-state index in [1.807, 2.05) is 11.3 Å². The van der Waals surface area contributed by atoms with Crippen LogP contribution in [0.2, 0.25) is 0 Å². The predicted octanol–water partition coefficient (Wildman–Crippen LogP) is 15.8. The van der Waals surface area contributed by atoms with Gasteiger partial charge in [-0.1, -0.05) is 166 Å². The highest BCUT2D eigenvalue weighted by atomic mass is 32.1. The number of thiophene rings is 1. The number of rotatable bonds is 4. The largest absolute Gasteiger partial charge is 0.310 e. The van der Waals surface area contributed by atoms with Gasteiger partial charge in [-0.05, 0) is 126 Å². The minimum absolute atomic E-state index is 0.115. The van der Waals surface area contributed by atoms with Crippen LogP contribution >= 0.6 is 11.3 Å². The Labute approximate surface area is 354 Å². The summed E-state index contributed by atoms with van der Waals surface area (Å²) in [6, 6.07) is 75.4. The zero-order valence-electron chi connectivity index (χ0n) is 33.4. The zero-order valence-corrected chi connectivity index (χ0v) is 34.2. The van der Waals surface area contributed by atoms with Crippen LogP contribution in [0.5, 0.6) is 0 Å². The van der Waals surface area contributed by atoms with Crippen molar-refractivity contribution in [2.75, 3.05) is 4.90 Å². The van der Waals surface area contributed by atoms with Gasteiger partial charge in [-0.25, -0.2) is 0 Å². The van der Waals surface area contributed by atoms with E-state index in [1.165, 1.54) is 98.1 Å². The average Bonchev–Trinajstić information content (AvgIpc) is 3.98. The molecule has 1 heterocycles. The van der Waals surface area contributed by atoms with Crippen molar-refractivity contribution in [1.29, 1.82) is 0 Å². The SMILES string of the molecule is CC1(C)c2ccccc2-c2ccc(N(c3ccccc3)c3ccc4c(c3)-c3c(cc5sc6ccccc6c5c3-c3ccccc3)C43c4ccccc4-c4ccccc43)cc21. The van der Waals surface area contributed by atoms with Crippen LogP contribution in [0.4, 0.5) is 17.1 Å². The van der Waals surface area contributed by atoms with Crippen LogP contribution in [-0.4, -0.2) is 0 Å². The Morgan fingerprint density at radius 3 is 1.65 bits per heavy atom. The lowest BCUT2D eigenvalue weighted by molar-refractivity contribution is 0.660. The van der Waals surface area contributed by atoms with E-state index in [1.54, 1.807) is 0 Å². The van der Waals surface area contributed by atoms with Crippen molar-refractivity contribution in [3.63, 3.8) is 0 Å². The van der Waals surface area contributed by atoms with Crippen molar-refractivity contribution in [1.82, 2.24) is 0 Å². The molecule has 3 aliphatic carbocycles. The summed E-state index contributed by atoms with van der Waals surface area (Å²) in [5.74, 6) is 0. The molecule has 3 aliphatic rings. The summed E-state index contributed by atoms with van der Waals surface area (Å²) in [6.07, 6.45) is 0. The topological polar surface area (TPSA) is 3.24 Å². The number of anilines is 3. The summed E-state index contributed by atoms with van der Waals surface area (Å²) in [4.78, 5) is 2.47. The Morgan fingerprint density at radius 1 is 0.367 bits per heavy atom. The van der Waals surface area contributed by atoms with Crippen LogP contribution in [0.25, 0.3) is 64.7 Å². The highest BCUT2D eigenvalue weighted by Crippen LogP contribution is 2.66. The lowest BCUT2D eigenvalue weighted by Gasteiger charge is -2.31. The summed E-state index contributed by atoms with van der Waals surface area (Å²) < 4.78 is 2.65. The molecule has 0 amide bonds. The van der Waals surface area contributed by atoms with Gasteiger partial charge in [0.15, 0.2) is 0 Å². The quantitative estimate of drug-likeness (QED) is 0.172. The molecule has 0 atom stereocenters. The molecule has 10 aromatic rings. The third kappa shape index (κ3) is 4.36. The lowest BCUT2D eigenvalue weighted by Crippen LogP contribution is -2.26. The van der Waals surface area contributed by atoms with E-state index in [2.05, 4.69) is 219 Å². The van der Waals surface area contributed by atoms with Crippen LogP contribution < -0.4 is 4.90 Å². The van der Waals surface area contributed by atoms with Crippen LogP contribution in [0.1, 0.15) is 47.2 Å². The minimum Gasteiger partial charge on any atom is -0.310 e. The second-order valence-corrected chi connectivity index (χ2v) is 18.2. The van der Waals surface area contributed by atoms with E-state index in [-0.39, 0.29) is 5.41 Å². The summed E-state index contributed by atoms with van der Waals surface area (Å²) in [6.45, 7) is 4.74. The number of nitrogens with zero attached hydrogens (tertiary/aromatic N) is 1. The average molecular weight is 782 g/mol. The maximum Gasteiger partial charge on any atom is 0.0726 e. The molecular weight excluding hydrogens is 743 g/mol. The Kier molecular flexibility index (Phi) is 6.94. The maximum atomic E-state index is 2.57. The van der Waals surface area contributed by atoms with Gasteiger partial charge in [0.05, 0.1) is 5.41 Å². The molecule has 0 fully saturated rings. The van der Waals surface area contributed by atoms with Crippen LogP contribution in [-0.2, 0) is 10.8 Å². The first kappa shape index (κ1) is 33.9. The van der Waals surface area contributed by atoms with Crippen molar-refractivity contribution in [3.05, 3.63) is 234 Å². The predicted molar refractivity (Wildman–Crippen MR) is 253 cm³/mol. The molecule has 0 saturated carbocycles. The van der Waals surface area contributed by atoms with Crippen molar-refractivity contribution in [2.45, 2.75) is 24.7 Å². The van der Waals surface area contributed by atoms with Gasteiger partial charge in [-0.15, -0.1) is 11.3 Å². The van der Waals surface area contributed by atoms with Gasteiger partial charge >= 0.3 is 0 Å². The first-order valence-electron chi connectivity index (χ1n) is 21.0. The molecule has 0 radical (unpaired) electrons. The van der Waals surface area contributed by atoms with Crippen LogP contribution in [0.3, 0.4) is 0 Å². The van der Waals surface area contributed by atoms with Gasteiger partial charge in [0, 0.05) is 42.6 Å². The van der Waals surface area contributed by atoms with Crippen LogP contribution in [0, 0.1) is 0 Å². The first-order valence-corrected chi connectivity index (χ1v) is 21.8. The number of hydrogen-bond acceptors (Lipinski definition) is 2. The van der Waals surface area contributed by atoms with Crippen molar-refractivity contribution >= 4 is 48.6 Å². The van der Waals surface area contributed by atoms with Gasteiger partial charge in [0.25, 0.3) is 0 Å².